The molecule has 0 bridgehead atoms. The van der Waals surface area contributed by atoms with E-state index in [1.807, 2.05) is 9.47 Å². The Morgan fingerprint density at radius 2 is 1.93 bits per heavy atom. The first-order valence-electron chi connectivity index (χ1n) is 11.0. The predicted molar refractivity (Wildman–Crippen MR) is 116 cm³/mol. The lowest BCUT2D eigenvalue weighted by Gasteiger charge is -2.34. The quantitative estimate of drug-likeness (QED) is 0.735. The highest BCUT2D eigenvalue weighted by Crippen LogP contribution is 2.36. The molecule has 0 spiro atoms. The van der Waals surface area contributed by atoms with Crippen LogP contribution in [0.3, 0.4) is 0 Å². The molecule has 7 nitrogen and oxygen atoms in total. The number of nitrogens with zero attached hydrogens (tertiary/aromatic N) is 4. The minimum absolute atomic E-state index is 0.0441. The topological polar surface area (TPSA) is 75.5 Å². The molecule has 0 unspecified atom stereocenters. The second-order valence-corrected chi connectivity index (χ2v) is 10.3. The molecule has 160 valence electrons. The molecule has 0 radical (unpaired) electrons. The molecule has 2 atom stereocenters. The SMILES string of the molecule is C[C@@H]1CCc2c(sc3ncn(C4CCN(C(=O)[C@@H]5CC(=O)N(C)C5)CC4)c(=O)c23)C1. The van der Waals surface area contributed by atoms with Gasteiger partial charge < -0.3 is 9.80 Å². The van der Waals surface area contributed by atoms with Crippen molar-refractivity contribution in [3.05, 3.63) is 27.1 Å². The Bertz CT molecular complexity index is 1070. The summed E-state index contributed by atoms with van der Waals surface area (Å²) in [5.74, 6) is 0.569. The average Bonchev–Trinajstić information content (AvgIpc) is 3.27. The number of hydrogen-bond acceptors (Lipinski definition) is 5. The highest BCUT2D eigenvalue weighted by atomic mass is 32.1. The molecule has 4 heterocycles. The van der Waals surface area contributed by atoms with E-state index in [2.05, 4.69) is 11.9 Å². The van der Waals surface area contributed by atoms with E-state index in [-0.39, 0.29) is 29.3 Å². The number of carbonyl (C=O) groups excluding carboxylic acids is 2. The van der Waals surface area contributed by atoms with Crippen molar-refractivity contribution in [2.45, 2.75) is 51.5 Å². The van der Waals surface area contributed by atoms with Gasteiger partial charge in [0.15, 0.2) is 0 Å². The summed E-state index contributed by atoms with van der Waals surface area (Å²) in [6.07, 6.45) is 6.68. The summed E-state index contributed by atoms with van der Waals surface area (Å²) in [5.41, 5.74) is 1.31. The third-order valence-electron chi connectivity index (χ3n) is 7.10. The van der Waals surface area contributed by atoms with Crippen LogP contribution in [0.1, 0.15) is 49.1 Å². The van der Waals surface area contributed by atoms with Gasteiger partial charge in [-0.05, 0) is 43.6 Å². The largest absolute Gasteiger partial charge is 0.345 e. The minimum atomic E-state index is -0.223. The maximum Gasteiger partial charge on any atom is 0.262 e. The number of piperidine rings is 1. The number of rotatable bonds is 2. The molecule has 2 aliphatic heterocycles. The molecule has 2 fully saturated rings. The normalized spacial score (nSPS) is 25.2. The highest BCUT2D eigenvalue weighted by Gasteiger charge is 2.36. The predicted octanol–water partition coefficient (Wildman–Crippen LogP) is 2.22. The van der Waals surface area contributed by atoms with Gasteiger partial charge in [0, 0.05) is 44.0 Å². The molecule has 2 aromatic rings. The van der Waals surface area contributed by atoms with Gasteiger partial charge in [0.05, 0.1) is 17.6 Å². The van der Waals surface area contributed by atoms with Crippen molar-refractivity contribution in [1.29, 1.82) is 0 Å². The van der Waals surface area contributed by atoms with Gasteiger partial charge in [-0.15, -0.1) is 11.3 Å². The van der Waals surface area contributed by atoms with E-state index in [1.165, 1.54) is 10.4 Å². The molecule has 0 aromatic carbocycles. The van der Waals surface area contributed by atoms with Crippen molar-refractivity contribution < 1.29 is 9.59 Å². The van der Waals surface area contributed by atoms with E-state index in [0.717, 1.165) is 42.3 Å². The Morgan fingerprint density at radius 3 is 2.63 bits per heavy atom. The van der Waals surface area contributed by atoms with E-state index in [4.69, 9.17) is 0 Å². The van der Waals surface area contributed by atoms with Crippen LogP contribution in [-0.2, 0) is 22.4 Å². The first-order chi connectivity index (χ1) is 14.4. The molecular formula is C22H28N4O3S. The average molecular weight is 429 g/mol. The third-order valence-corrected chi connectivity index (χ3v) is 8.26. The van der Waals surface area contributed by atoms with Gasteiger partial charge in [-0.3, -0.25) is 19.0 Å². The van der Waals surface area contributed by atoms with Gasteiger partial charge in [0.25, 0.3) is 5.56 Å². The number of amides is 2. The minimum Gasteiger partial charge on any atom is -0.345 e. The summed E-state index contributed by atoms with van der Waals surface area (Å²) in [4.78, 5) is 48.3. The maximum atomic E-state index is 13.3. The van der Waals surface area contributed by atoms with Crippen molar-refractivity contribution in [2.75, 3.05) is 26.7 Å². The summed E-state index contributed by atoms with van der Waals surface area (Å²) in [6, 6.07) is 0.0735. The maximum absolute atomic E-state index is 13.3. The number of aromatic nitrogens is 2. The molecule has 5 rings (SSSR count). The molecule has 0 N–H and O–H groups in total. The number of fused-ring (bicyclic) bond motifs is 3. The summed E-state index contributed by atoms with van der Waals surface area (Å²) in [5, 5.41) is 0.829. The fourth-order valence-corrected chi connectivity index (χ4v) is 6.60. The first-order valence-corrected chi connectivity index (χ1v) is 11.8. The van der Waals surface area contributed by atoms with Crippen molar-refractivity contribution in [1.82, 2.24) is 19.4 Å². The van der Waals surface area contributed by atoms with Crippen LogP contribution < -0.4 is 5.56 Å². The molecule has 2 aromatic heterocycles. The van der Waals surface area contributed by atoms with Crippen LogP contribution in [0, 0.1) is 11.8 Å². The summed E-state index contributed by atoms with van der Waals surface area (Å²) in [7, 11) is 1.75. The fourth-order valence-electron chi connectivity index (χ4n) is 5.26. The van der Waals surface area contributed by atoms with Crippen molar-refractivity contribution in [3.8, 4) is 0 Å². The zero-order valence-electron chi connectivity index (χ0n) is 17.6. The van der Waals surface area contributed by atoms with Gasteiger partial charge in [0.2, 0.25) is 11.8 Å². The zero-order chi connectivity index (χ0) is 21.0. The number of likely N-dealkylation sites (tertiary alicyclic amines) is 2. The van der Waals surface area contributed by atoms with Gasteiger partial charge >= 0.3 is 0 Å². The Hall–Kier alpha value is -2.22. The van der Waals surface area contributed by atoms with E-state index >= 15 is 0 Å². The second kappa shape index (κ2) is 7.48. The van der Waals surface area contributed by atoms with Crippen LogP contribution in [-0.4, -0.2) is 57.8 Å². The lowest BCUT2D eigenvalue weighted by molar-refractivity contribution is -0.137. The molecule has 8 heteroatoms. The first kappa shape index (κ1) is 19.7. The van der Waals surface area contributed by atoms with Gasteiger partial charge in [-0.2, -0.15) is 0 Å². The molecule has 2 saturated heterocycles. The van der Waals surface area contributed by atoms with E-state index in [9.17, 15) is 14.4 Å². The molecule has 0 saturated carbocycles. The monoisotopic (exact) mass is 428 g/mol. The summed E-state index contributed by atoms with van der Waals surface area (Å²) >= 11 is 1.68. The van der Waals surface area contributed by atoms with Crippen LogP contribution in [0.25, 0.3) is 10.2 Å². The smallest absolute Gasteiger partial charge is 0.262 e. The third kappa shape index (κ3) is 3.25. The van der Waals surface area contributed by atoms with Gasteiger partial charge in [-0.1, -0.05) is 6.92 Å². The molecule has 30 heavy (non-hydrogen) atoms. The molecule has 2 amide bonds. The number of carbonyl (C=O) groups is 2. The summed E-state index contributed by atoms with van der Waals surface area (Å²) in [6.45, 7) is 4.04. The Labute approximate surface area is 179 Å². The lowest BCUT2D eigenvalue weighted by Crippen LogP contribution is -2.43. The fraction of sp³-hybridized carbons (Fsp3) is 0.636. The van der Waals surface area contributed by atoms with E-state index < -0.39 is 0 Å². The van der Waals surface area contributed by atoms with E-state index in [1.54, 1.807) is 29.6 Å². The van der Waals surface area contributed by atoms with Crippen LogP contribution >= 0.6 is 11.3 Å². The number of thiophene rings is 1. The Balaban J connectivity index is 1.33. The van der Waals surface area contributed by atoms with E-state index in [0.29, 0.717) is 32.0 Å². The van der Waals surface area contributed by atoms with Gasteiger partial charge in [0.1, 0.15) is 4.83 Å². The highest BCUT2D eigenvalue weighted by molar-refractivity contribution is 7.18. The summed E-state index contributed by atoms with van der Waals surface area (Å²) < 4.78 is 1.81. The van der Waals surface area contributed by atoms with Crippen LogP contribution in [0.2, 0.25) is 0 Å². The molecular weight excluding hydrogens is 400 g/mol. The standard InChI is InChI=1S/C22H28N4O3S/c1-13-3-4-16-17(9-13)30-20-19(16)22(29)26(12-23-20)15-5-7-25(8-6-15)21(28)14-10-18(27)24(2)11-14/h12-15H,3-11H2,1-2H3/t13-,14-/m1/s1. The number of hydrogen-bond donors (Lipinski definition) is 0. The van der Waals surface area contributed by atoms with Crippen molar-refractivity contribution >= 4 is 33.4 Å². The van der Waals surface area contributed by atoms with Crippen molar-refractivity contribution in [2.24, 2.45) is 11.8 Å². The van der Waals surface area contributed by atoms with Crippen LogP contribution in [0.4, 0.5) is 0 Å². The lowest BCUT2D eigenvalue weighted by atomic mass is 9.89. The Kier molecular flexibility index (Phi) is 4.92. The molecule has 3 aliphatic rings. The molecule has 1 aliphatic carbocycles. The Morgan fingerprint density at radius 1 is 1.17 bits per heavy atom. The van der Waals surface area contributed by atoms with Crippen molar-refractivity contribution in [3.63, 3.8) is 0 Å². The van der Waals surface area contributed by atoms with Gasteiger partial charge in [-0.25, -0.2) is 4.98 Å². The second-order valence-electron chi connectivity index (χ2n) is 9.22. The van der Waals surface area contributed by atoms with Crippen LogP contribution in [0.15, 0.2) is 11.1 Å². The number of aryl methyl sites for hydroxylation is 1. The zero-order valence-corrected chi connectivity index (χ0v) is 18.4. The van der Waals surface area contributed by atoms with Crippen LogP contribution in [0.5, 0.6) is 0 Å².